The number of hydrogen-bond acceptors (Lipinski definition) is 7. The smallest absolute Gasteiger partial charge is 0.407 e. The molecule has 10 nitrogen and oxygen atoms in total. The highest BCUT2D eigenvalue weighted by Gasteiger charge is 2.15. The van der Waals surface area contributed by atoms with Crippen molar-refractivity contribution in [3.63, 3.8) is 0 Å². The fraction of sp³-hybridized carbons (Fsp3) is 0.812. The Morgan fingerprint density at radius 1 is 0.846 bits per heavy atom. The summed E-state index contributed by atoms with van der Waals surface area (Å²) < 4.78 is 20.5. The van der Waals surface area contributed by atoms with Crippen molar-refractivity contribution in [2.24, 2.45) is 0 Å². The van der Waals surface area contributed by atoms with Crippen LogP contribution in [0.25, 0.3) is 0 Å². The number of nitrogens with one attached hydrogen (secondary N) is 2. The fourth-order valence-electron chi connectivity index (χ4n) is 1.50. The zero-order valence-corrected chi connectivity index (χ0v) is 15.7. The summed E-state index contributed by atoms with van der Waals surface area (Å²) in [4.78, 5) is 32.9. The summed E-state index contributed by atoms with van der Waals surface area (Å²) >= 11 is 0. The molecule has 0 aliphatic heterocycles. The summed E-state index contributed by atoms with van der Waals surface area (Å²) in [6, 6.07) is 0. The van der Waals surface area contributed by atoms with Crippen LogP contribution < -0.4 is 10.6 Å². The molecular formula is C16H30N2O8. The Labute approximate surface area is 153 Å². The second-order valence-electron chi connectivity index (χ2n) is 6.20. The van der Waals surface area contributed by atoms with Crippen molar-refractivity contribution in [1.29, 1.82) is 0 Å². The molecule has 0 aromatic heterocycles. The van der Waals surface area contributed by atoms with Gasteiger partial charge in [-0.25, -0.2) is 4.79 Å². The van der Waals surface area contributed by atoms with Crippen LogP contribution in [-0.4, -0.2) is 81.4 Å². The van der Waals surface area contributed by atoms with Crippen LogP contribution in [0.4, 0.5) is 4.79 Å². The van der Waals surface area contributed by atoms with Crippen LogP contribution in [-0.2, 0) is 28.5 Å². The van der Waals surface area contributed by atoms with E-state index in [1.807, 2.05) is 0 Å². The number of carbonyl (C=O) groups excluding carboxylic acids is 2. The van der Waals surface area contributed by atoms with E-state index < -0.39 is 17.7 Å². The van der Waals surface area contributed by atoms with Crippen molar-refractivity contribution in [2.75, 3.05) is 52.7 Å². The topological polar surface area (TPSA) is 132 Å². The van der Waals surface area contributed by atoms with E-state index >= 15 is 0 Å². The molecular weight excluding hydrogens is 348 g/mol. The number of ether oxygens (including phenoxy) is 4. The average Bonchev–Trinajstić information content (AvgIpc) is 2.51. The van der Waals surface area contributed by atoms with Crippen LogP contribution in [0, 0.1) is 0 Å². The summed E-state index contributed by atoms with van der Waals surface area (Å²) in [6.07, 6.45) is -0.621. The van der Waals surface area contributed by atoms with E-state index in [0.717, 1.165) is 0 Å². The molecule has 0 radical (unpaired) electrons. The van der Waals surface area contributed by atoms with Gasteiger partial charge in [0.05, 0.1) is 39.5 Å². The lowest BCUT2D eigenvalue weighted by Crippen LogP contribution is -2.34. The summed E-state index contributed by atoms with van der Waals surface area (Å²) in [5.41, 5.74) is -0.529. The van der Waals surface area contributed by atoms with E-state index in [-0.39, 0.29) is 25.5 Å². The van der Waals surface area contributed by atoms with Crippen molar-refractivity contribution in [3.8, 4) is 0 Å². The molecule has 26 heavy (non-hydrogen) atoms. The van der Waals surface area contributed by atoms with Gasteiger partial charge in [0, 0.05) is 13.1 Å². The van der Waals surface area contributed by atoms with Gasteiger partial charge in [0.2, 0.25) is 5.91 Å². The number of carbonyl (C=O) groups is 3. The molecule has 0 saturated heterocycles. The highest BCUT2D eigenvalue weighted by molar-refractivity contribution is 5.77. The third kappa shape index (κ3) is 18.4. The molecule has 10 heteroatoms. The lowest BCUT2D eigenvalue weighted by Gasteiger charge is -2.19. The van der Waals surface area contributed by atoms with E-state index in [1.165, 1.54) is 0 Å². The number of amides is 2. The first-order chi connectivity index (χ1) is 12.2. The third-order valence-electron chi connectivity index (χ3n) is 2.55. The number of carboxylic acid groups (broad SMARTS) is 1. The second-order valence-corrected chi connectivity index (χ2v) is 6.20. The van der Waals surface area contributed by atoms with Crippen molar-refractivity contribution in [1.82, 2.24) is 10.6 Å². The SMILES string of the molecule is CC(C)(C)OC(=O)NCCOCCOCCNC(=O)COCCC(=O)O. The van der Waals surface area contributed by atoms with Crippen LogP contribution >= 0.6 is 0 Å². The second kappa shape index (κ2) is 14.3. The quantitative estimate of drug-likeness (QED) is 0.364. The minimum Gasteiger partial charge on any atom is -0.481 e. The zero-order chi connectivity index (χ0) is 19.8. The predicted octanol–water partition coefficient (Wildman–Crippen LogP) is 0.152. The molecule has 0 fully saturated rings. The molecule has 152 valence electrons. The first-order valence-electron chi connectivity index (χ1n) is 8.39. The minimum atomic E-state index is -0.971. The van der Waals surface area contributed by atoms with Gasteiger partial charge >= 0.3 is 12.1 Å². The molecule has 0 aliphatic carbocycles. The Morgan fingerprint density at radius 3 is 1.96 bits per heavy atom. The van der Waals surface area contributed by atoms with E-state index in [9.17, 15) is 14.4 Å². The Morgan fingerprint density at radius 2 is 1.42 bits per heavy atom. The Bertz CT molecular complexity index is 423. The van der Waals surface area contributed by atoms with Gasteiger partial charge in [0.15, 0.2) is 0 Å². The lowest BCUT2D eigenvalue weighted by atomic mass is 10.2. The molecule has 0 bridgehead atoms. The molecule has 0 spiro atoms. The molecule has 0 unspecified atom stereocenters. The average molecular weight is 378 g/mol. The van der Waals surface area contributed by atoms with Crippen molar-refractivity contribution in [3.05, 3.63) is 0 Å². The molecule has 0 atom stereocenters. The monoisotopic (exact) mass is 378 g/mol. The van der Waals surface area contributed by atoms with E-state index in [0.29, 0.717) is 39.5 Å². The van der Waals surface area contributed by atoms with Crippen LogP contribution in [0.2, 0.25) is 0 Å². The molecule has 2 amide bonds. The summed E-state index contributed by atoms with van der Waals surface area (Å²) in [5, 5.41) is 13.5. The van der Waals surface area contributed by atoms with Crippen LogP contribution in [0.3, 0.4) is 0 Å². The van der Waals surface area contributed by atoms with Crippen molar-refractivity contribution in [2.45, 2.75) is 32.8 Å². The Kier molecular flexibility index (Phi) is 13.2. The number of carboxylic acids is 1. The van der Waals surface area contributed by atoms with E-state index in [2.05, 4.69) is 10.6 Å². The Balaban J connectivity index is 3.32. The van der Waals surface area contributed by atoms with Crippen LogP contribution in [0.5, 0.6) is 0 Å². The van der Waals surface area contributed by atoms with Gasteiger partial charge in [-0.2, -0.15) is 0 Å². The highest BCUT2D eigenvalue weighted by atomic mass is 16.6. The first kappa shape index (κ1) is 24.1. The summed E-state index contributed by atoms with van der Waals surface area (Å²) in [7, 11) is 0. The lowest BCUT2D eigenvalue weighted by molar-refractivity contribution is -0.139. The largest absolute Gasteiger partial charge is 0.481 e. The van der Waals surface area contributed by atoms with Gasteiger partial charge in [-0.15, -0.1) is 0 Å². The predicted molar refractivity (Wildman–Crippen MR) is 92.0 cm³/mol. The molecule has 0 rings (SSSR count). The third-order valence-corrected chi connectivity index (χ3v) is 2.55. The number of rotatable bonds is 14. The van der Waals surface area contributed by atoms with Crippen LogP contribution in [0.15, 0.2) is 0 Å². The highest BCUT2D eigenvalue weighted by Crippen LogP contribution is 2.05. The molecule has 3 N–H and O–H groups in total. The standard InChI is InChI=1S/C16H30N2O8/c1-16(2,3)26-15(22)18-6-9-24-11-10-23-8-5-17-13(19)12-25-7-4-14(20)21/h4-12H2,1-3H3,(H,17,19)(H,18,22)(H,20,21). The molecule has 0 heterocycles. The minimum absolute atomic E-state index is 0.000618. The van der Waals surface area contributed by atoms with Crippen LogP contribution in [0.1, 0.15) is 27.2 Å². The zero-order valence-electron chi connectivity index (χ0n) is 15.7. The van der Waals surface area contributed by atoms with Gasteiger partial charge in [-0.3, -0.25) is 9.59 Å². The van der Waals surface area contributed by atoms with Crippen molar-refractivity contribution < 1.29 is 38.4 Å². The number of hydrogen-bond donors (Lipinski definition) is 3. The number of alkyl carbamates (subject to hydrolysis) is 1. The molecule has 0 aromatic carbocycles. The first-order valence-corrected chi connectivity index (χ1v) is 8.39. The summed E-state index contributed by atoms with van der Waals surface area (Å²) in [5.74, 6) is -1.30. The molecule has 0 aliphatic rings. The maximum atomic E-state index is 11.4. The Hall–Kier alpha value is -1.91. The fourth-order valence-corrected chi connectivity index (χ4v) is 1.50. The van der Waals surface area contributed by atoms with Gasteiger partial charge in [0.1, 0.15) is 12.2 Å². The molecule has 0 aromatic rings. The maximum absolute atomic E-state index is 11.4. The van der Waals surface area contributed by atoms with Gasteiger partial charge in [-0.05, 0) is 20.8 Å². The van der Waals surface area contributed by atoms with Gasteiger partial charge in [0.25, 0.3) is 0 Å². The van der Waals surface area contributed by atoms with E-state index in [4.69, 9.17) is 24.1 Å². The number of aliphatic carboxylic acids is 1. The van der Waals surface area contributed by atoms with E-state index in [1.54, 1.807) is 20.8 Å². The summed E-state index contributed by atoms with van der Waals surface area (Å²) in [6.45, 7) is 7.22. The van der Waals surface area contributed by atoms with Crippen molar-refractivity contribution >= 4 is 18.0 Å². The normalized spacial score (nSPS) is 11.0. The van der Waals surface area contributed by atoms with Gasteiger partial charge < -0.3 is 34.7 Å². The maximum Gasteiger partial charge on any atom is 0.407 e. The molecule has 0 saturated carbocycles. The van der Waals surface area contributed by atoms with Gasteiger partial charge in [-0.1, -0.05) is 0 Å².